The summed E-state index contributed by atoms with van der Waals surface area (Å²) < 4.78 is 33.1. The van der Waals surface area contributed by atoms with E-state index in [0.29, 0.717) is 6.61 Å². The van der Waals surface area contributed by atoms with Crippen molar-refractivity contribution in [2.45, 2.75) is 206 Å². The summed E-state index contributed by atoms with van der Waals surface area (Å²) in [6.45, 7) is 3.88. The van der Waals surface area contributed by atoms with Gasteiger partial charge in [0, 0.05) is 13.0 Å². The van der Waals surface area contributed by atoms with Gasteiger partial charge in [0.15, 0.2) is 0 Å². The molecule has 0 aromatic rings. The minimum absolute atomic E-state index is 0.0239. The predicted molar refractivity (Wildman–Crippen MR) is 199 cm³/mol. The number of carbonyl (C=O) groups is 2. The lowest BCUT2D eigenvalue weighted by Gasteiger charge is -2.20. The van der Waals surface area contributed by atoms with E-state index in [1.165, 1.54) is 135 Å². The van der Waals surface area contributed by atoms with Crippen LogP contribution in [0.5, 0.6) is 0 Å². The zero-order valence-electron chi connectivity index (χ0n) is 31.6. The molecule has 3 atom stereocenters. The molecule has 0 aliphatic rings. The average Bonchev–Trinajstić information content (AvgIpc) is 3.07. The van der Waals surface area contributed by atoms with Gasteiger partial charge in [-0.15, -0.1) is 0 Å². The third kappa shape index (κ3) is 35.2. The average molecular weight is 722 g/mol. The Bertz CT molecular complexity index is 801. The second-order valence-corrected chi connectivity index (χ2v) is 15.2. The normalized spacial score (nSPS) is 14.0. The van der Waals surface area contributed by atoms with Gasteiger partial charge in [0.05, 0.1) is 19.8 Å². The fraction of sp³-hybridized carbons (Fsp3) is 0.947. The van der Waals surface area contributed by atoms with Crippen LogP contribution >= 0.6 is 7.82 Å². The summed E-state index contributed by atoms with van der Waals surface area (Å²) in [6.07, 6.45) is 33.1. The van der Waals surface area contributed by atoms with E-state index >= 15 is 0 Å². The molecule has 10 nitrogen and oxygen atoms in total. The Balaban J connectivity index is 4.11. The van der Waals surface area contributed by atoms with Crippen molar-refractivity contribution in [1.29, 1.82) is 0 Å². The number of carboxylic acid groups (broad SMARTS) is 1. The number of nitrogens with two attached hydrogens (primary N) is 1. The molecule has 4 N–H and O–H groups in total. The maximum Gasteiger partial charge on any atom is 0.472 e. The number of rotatable bonds is 39. The molecule has 11 heteroatoms. The standard InChI is InChI=1S/C38H76NO9P/c1-3-5-7-9-11-13-14-15-16-17-18-19-20-21-22-23-24-26-28-30-37(40)48-35(32-45-31-29-27-25-12-10-8-6-4-2)33-46-49(43,44)47-34-36(39)38(41)42/h35-36H,3-34,39H2,1-2H3,(H,41,42)(H,43,44). The second kappa shape index (κ2) is 35.4. The van der Waals surface area contributed by atoms with Crippen LogP contribution < -0.4 is 5.73 Å². The number of carboxylic acids is 1. The molecule has 49 heavy (non-hydrogen) atoms. The van der Waals surface area contributed by atoms with Crippen LogP contribution in [0, 0.1) is 0 Å². The highest BCUT2D eigenvalue weighted by molar-refractivity contribution is 7.47. The molecule has 0 bridgehead atoms. The molecule has 0 aromatic heterocycles. The Morgan fingerprint density at radius 3 is 1.35 bits per heavy atom. The fourth-order valence-corrected chi connectivity index (χ4v) is 6.50. The third-order valence-corrected chi connectivity index (χ3v) is 9.84. The van der Waals surface area contributed by atoms with Crippen molar-refractivity contribution in [3.63, 3.8) is 0 Å². The lowest BCUT2D eigenvalue weighted by atomic mass is 10.0. The van der Waals surface area contributed by atoms with Crippen LogP contribution in [0.3, 0.4) is 0 Å². The lowest BCUT2D eigenvalue weighted by Crippen LogP contribution is -2.34. The molecule has 0 spiro atoms. The third-order valence-electron chi connectivity index (χ3n) is 8.89. The van der Waals surface area contributed by atoms with Crippen LogP contribution in [0.1, 0.15) is 194 Å². The van der Waals surface area contributed by atoms with Gasteiger partial charge >= 0.3 is 19.8 Å². The molecule has 0 amide bonds. The van der Waals surface area contributed by atoms with E-state index in [2.05, 4.69) is 18.4 Å². The topological polar surface area (TPSA) is 155 Å². The molecule has 0 heterocycles. The van der Waals surface area contributed by atoms with Gasteiger partial charge in [-0.25, -0.2) is 4.57 Å². The number of esters is 1. The number of hydrogen-bond donors (Lipinski definition) is 3. The first-order valence-electron chi connectivity index (χ1n) is 20.1. The number of unbranched alkanes of at least 4 members (excludes halogenated alkanes) is 25. The number of ether oxygens (including phenoxy) is 2. The molecule has 0 rings (SSSR count). The van der Waals surface area contributed by atoms with E-state index in [1.54, 1.807) is 0 Å². The number of aliphatic carboxylic acids is 1. The zero-order chi connectivity index (χ0) is 36.3. The molecule has 0 aliphatic carbocycles. The summed E-state index contributed by atoms with van der Waals surface area (Å²) in [6, 6.07) is -1.47. The van der Waals surface area contributed by atoms with Crippen LogP contribution in [-0.4, -0.2) is 60.5 Å². The SMILES string of the molecule is CCCCCCCCCCCCCCCCCCCCCC(=O)OC(COCCCCCCCCCC)COP(=O)(O)OCC(N)C(=O)O. The van der Waals surface area contributed by atoms with Gasteiger partial charge in [-0.3, -0.25) is 18.6 Å². The maximum absolute atomic E-state index is 12.6. The van der Waals surface area contributed by atoms with Crippen molar-refractivity contribution in [1.82, 2.24) is 0 Å². The van der Waals surface area contributed by atoms with Gasteiger partial charge in [0.25, 0.3) is 0 Å². The van der Waals surface area contributed by atoms with Crippen molar-refractivity contribution >= 4 is 19.8 Å². The summed E-state index contributed by atoms with van der Waals surface area (Å²) in [7, 11) is -4.60. The minimum Gasteiger partial charge on any atom is -0.480 e. The molecule has 0 aromatic carbocycles. The van der Waals surface area contributed by atoms with Gasteiger partial charge in [-0.1, -0.05) is 174 Å². The predicted octanol–water partition coefficient (Wildman–Crippen LogP) is 10.4. The van der Waals surface area contributed by atoms with Gasteiger partial charge in [-0.05, 0) is 12.8 Å². The summed E-state index contributed by atoms with van der Waals surface area (Å²) in [4.78, 5) is 33.3. The highest BCUT2D eigenvalue weighted by atomic mass is 31.2. The summed E-state index contributed by atoms with van der Waals surface area (Å²) in [5.74, 6) is -1.77. The van der Waals surface area contributed by atoms with Crippen molar-refractivity contribution in [2.24, 2.45) is 5.73 Å². The van der Waals surface area contributed by atoms with E-state index in [9.17, 15) is 19.0 Å². The van der Waals surface area contributed by atoms with E-state index < -0.39 is 45.1 Å². The molecule has 0 saturated carbocycles. The quantitative estimate of drug-likeness (QED) is 0.0317. The van der Waals surface area contributed by atoms with Gasteiger partial charge in [-0.2, -0.15) is 0 Å². The molecule has 0 saturated heterocycles. The first kappa shape index (κ1) is 48.0. The number of hydrogen-bond acceptors (Lipinski definition) is 8. The highest BCUT2D eigenvalue weighted by Crippen LogP contribution is 2.43. The van der Waals surface area contributed by atoms with Crippen LogP contribution in [0.4, 0.5) is 0 Å². The molecule has 3 unspecified atom stereocenters. The number of phosphoric ester groups is 1. The molecule has 0 radical (unpaired) electrons. The van der Waals surface area contributed by atoms with E-state index in [-0.39, 0.29) is 13.0 Å². The molecular formula is C38H76NO9P. The maximum atomic E-state index is 12.6. The van der Waals surface area contributed by atoms with Crippen molar-refractivity contribution in [2.75, 3.05) is 26.4 Å². The molecule has 292 valence electrons. The first-order valence-corrected chi connectivity index (χ1v) is 21.6. The largest absolute Gasteiger partial charge is 0.480 e. The Labute approximate surface area is 299 Å². The van der Waals surface area contributed by atoms with Crippen molar-refractivity contribution < 1.29 is 42.7 Å². The Kier molecular flexibility index (Phi) is 34.6. The monoisotopic (exact) mass is 722 g/mol. The summed E-state index contributed by atoms with van der Waals surface area (Å²) in [5.41, 5.74) is 5.33. The molecule has 0 aliphatic heterocycles. The van der Waals surface area contributed by atoms with E-state index in [4.69, 9.17) is 24.8 Å². The van der Waals surface area contributed by atoms with Gasteiger partial charge < -0.3 is 25.2 Å². The molecule has 0 fully saturated rings. The van der Waals surface area contributed by atoms with E-state index in [1.807, 2.05) is 0 Å². The zero-order valence-corrected chi connectivity index (χ0v) is 32.5. The molecular weight excluding hydrogens is 645 g/mol. The summed E-state index contributed by atoms with van der Waals surface area (Å²) >= 11 is 0. The van der Waals surface area contributed by atoms with Crippen molar-refractivity contribution in [3.05, 3.63) is 0 Å². The van der Waals surface area contributed by atoms with Gasteiger partial charge in [0.2, 0.25) is 0 Å². The van der Waals surface area contributed by atoms with Crippen LogP contribution in [0.2, 0.25) is 0 Å². The van der Waals surface area contributed by atoms with Gasteiger partial charge in [0.1, 0.15) is 12.1 Å². The van der Waals surface area contributed by atoms with Crippen molar-refractivity contribution in [3.8, 4) is 0 Å². The number of phosphoric acid groups is 1. The van der Waals surface area contributed by atoms with E-state index in [0.717, 1.165) is 38.5 Å². The number of carbonyl (C=O) groups excluding carboxylic acids is 1. The van der Waals surface area contributed by atoms with Crippen LogP contribution in [-0.2, 0) is 32.7 Å². The minimum atomic E-state index is -4.60. The fourth-order valence-electron chi connectivity index (χ4n) is 5.72. The Morgan fingerprint density at radius 2 is 0.939 bits per heavy atom. The smallest absolute Gasteiger partial charge is 0.472 e. The summed E-state index contributed by atoms with van der Waals surface area (Å²) in [5, 5.41) is 8.85. The van der Waals surface area contributed by atoms with Crippen LogP contribution in [0.25, 0.3) is 0 Å². The Hall–Kier alpha value is -1.03. The van der Waals surface area contributed by atoms with Crippen LogP contribution in [0.15, 0.2) is 0 Å². The lowest BCUT2D eigenvalue weighted by molar-refractivity contribution is -0.154. The Morgan fingerprint density at radius 1 is 0.571 bits per heavy atom. The highest BCUT2D eigenvalue weighted by Gasteiger charge is 2.27. The first-order chi connectivity index (χ1) is 23.7. The second-order valence-electron chi connectivity index (χ2n) is 13.8.